The Kier molecular flexibility index (Phi) is 7.78. The normalized spacial score (nSPS) is 11.9. The predicted octanol–water partition coefficient (Wildman–Crippen LogP) is 15.1. The molecule has 0 fully saturated rings. The SMILES string of the molecule is CC(C)(C)c1ccc2c(c1)c1cc(-c3ccc(-c4ccc(-c5c6ccccc6c(-c6ccccc6)c6ccccc56)cc4)cc3)ccc1n2-c1ccccc1. The van der Waals surface area contributed by atoms with Gasteiger partial charge in [-0.1, -0.05) is 178 Å². The topological polar surface area (TPSA) is 4.93 Å². The van der Waals surface area contributed by atoms with Gasteiger partial charge in [0, 0.05) is 16.5 Å². The van der Waals surface area contributed by atoms with Gasteiger partial charge in [-0.25, -0.2) is 0 Å². The van der Waals surface area contributed by atoms with Crippen molar-refractivity contribution in [3.63, 3.8) is 0 Å². The van der Waals surface area contributed by atoms with Crippen molar-refractivity contribution < 1.29 is 0 Å². The highest BCUT2D eigenvalue weighted by Gasteiger charge is 2.19. The van der Waals surface area contributed by atoms with E-state index < -0.39 is 0 Å². The third-order valence-electron chi connectivity index (χ3n) is 11.4. The van der Waals surface area contributed by atoms with Crippen LogP contribution in [0.2, 0.25) is 0 Å². The molecule has 1 nitrogen and oxygen atoms in total. The van der Waals surface area contributed by atoms with Gasteiger partial charge in [-0.2, -0.15) is 0 Å². The van der Waals surface area contributed by atoms with Gasteiger partial charge in [0.15, 0.2) is 0 Å². The van der Waals surface area contributed by atoms with Crippen LogP contribution in [0.1, 0.15) is 26.3 Å². The van der Waals surface area contributed by atoms with E-state index >= 15 is 0 Å². The molecule has 1 heterocycles. The first-order valence-electron chi connectivity index (χ1n) is 19.3. The van der Waals surface area contributed by atoms with Crippen molar-refractivity contribution in [3.05, 3.63) is 200 Å². The fourth-order valence-electron chi connectivity index (χ4n) is 8.56. The monoisotopic (exact) mass is 703 g/mol. The largest absolute Gasteiger partial charge is 0.309 e. The number of benzene rings is 9. The summed E-state index contributed by atoms with van der Waals surface area (Å²) in [4.78, 5) is 0. The predicted molar refractivity (Wildman–Crippen MR) is 236 cm³/mol. The molecule has 10 aromatic rings. The Morgan fingerprint density at radius 2 is 0.691 bits per heavy atom. The zero-order valence-electron chi connectivity index (χ0n) is 31.4. The zero-order chi connectivity index (χ0) is 37.1. The number of fused-ring (bicyclic) bond motifs is 5. The minimum absolute atomic E-state index is 0.0651. The smallest absolute Gasteiger partial charge is 0.0541 e. The van der Waals surface area contributed by atoms with E-state index in [0.29, 0.717) is 0 Å². The molecule has 0 aliphatic carbocycles. The minimum atomic E-state index is 0.0651. The molecule has 0 spiro atoms. The van der Waals surface area contributed by atoms with Crippen LogP contribution in [0.4, 0.5) is 0 Å². The number of para-hydroxylation sites is 1. The highest BCUT2D eigenvalue weighted by Crippen LogP contribution is 2.44. The van der Waals surface area contributed by atoms with Crippen LogP contribution in [0.5, 0.6) is 0 Å². The summed E-state index contributed by atoms with van der Waals surface area (Å²) in [6.07, 6.45) is 0. The summed E-state index contributed by atoms with van der Waals surface area (Å²) in [6.45, 7) is 6.87. The van der Waals surface area contributed by atoms with Crippen LogP contribution < -0.4 is 0 Å². The Morgan fingerprint density at radius 1 is 0.309 bits per heavy atom. The summed E-state index contributed by atoms with van der Waals surface area (Å²) in [6, 6.07) is 71.4. The number of hydrogen-bond donors (Lipinski definition) is 0. The molecule has 0 aliphatic heterocycles. The molecule has 0 N–H and O–H groups in total. The van der Waals surface area contributed by atoms with Gasteiger partial charge in [0.25, 0.3) is 0 Å². The van der Waals surface area contributed by atoms with Crippen molar-refractivity contribution in [2.45, 2.75) is 26.2 Å². The molecular formula is C54H41N. The molecule has 0 saturated heterocycles. The summed E-state index contributed by atoms with van der Waals surface area (Å²) < 4.78 is 2.40. The third kappa shape index (κ3) is 5.63. The summed E-state index contributed by atoms with van der Waals surface area (Å²) >= 11 is 0. The van der Waals surface area contributed by atoms with Crippen LogP contribution in [0, 0.1) is 0 Å². The molecule has 0 bridgehead atoms. The van der Waals surface area contributed by atoms with E-state index in [1.165, 1.54) is 99.1 Å². The lowest BCUT2D eigenvalue weighted by atomic mass is 9.85. The Labute approximate surface area is 322 Å². The second-order valence-corrected chi connectivity index (χ2v) is 15.7. The van der Waals surface area contributed by atoms with Gasteiger partial charge in [0.2, 0.25) is 0 Å². The van der Waals surface area contributed by atoms with Gasteiger partial charge in [-0.15, -0.1) is 0 Å². The fraction of sp³-hybridized carbons (Fsp3) is 0.0741. The number of rotatable bonds is 5. The van der Waals surface area contributed by atoms with Gasteiger partial charge < -0.3 is 4.57 Å². The van der Waals surface area contributed by atoms with Crippen LogP contribution in [0.15, 0.2) is 194 Å². The lowest BCUT2D eigenvalue weighted by Gasteiger charge is -2.19. The van der Waals surface area contributed by atoms with Crippen molar-refractivity contribution in [2.24, 2.45) is 0 Å². The van der Waals surface area contributed by atoms with Gasteiger partial charge in [0.1, 0.15) is 0 Å². The number of nitrogens with zero attached hydrogens (tertiary/aromatic N) is 1. The Bertz CT molecular complexity index is 2960. The van der Waals surface area contributed by atoms with Crippen molar-refractivity contribution in [1.82, 2.24) is 4.57 Å². The lowest BCUT2D eigenvalue weighted by Crippen LogP contribution is -2.10. The molecular weight excluding hydrogens is 663 g/mol. The summed E-state index contributed by atoms with van der Waals surface area (Å²) in [5.41, 5.74) is 15.0. The van der Waals surface area contributed by atoms with Crippen LogP contribution >= 0.6 is 0 Å². The van der Waals surface area contributed by atoms with Gasteiger partial charge >= 0.3 is 0 Å². The highest BCUT2D eigenvalue weighted by molar-refractivity contribution is 6.21. The summed E-state index contributed by atoms with van der Waals surface area (Å²) in [7, 11) is 0. The van der Waals surface area contributed by atoms with Crippen LogP contribution in [-0.2, 0) is 5.41 Å². The van der Waals surface area contributed by atoms with Crippen LogP contribution in [0.25, 0.3) is 93.5 Å². The average molecular weight is 704 g/mol. The number of hydrogen-bond acceptors (Lipinski definition) is 0. The lowest BCUT2D eigenvalue weighted by molar-refractivity contribution is 0.591. The Hall–Kier alpha value is -6.70. The van der Waals surface area contributed by atoms with E-state index in [-0.39, 0.29) is 5.41 Å². The Morgan fingerprint density at radius 3 is 1.20 bits per heavy atom. The molecule has 1 aromatic heterocycles. The molecule has 0 radical (unpaired) electrons. The molecule has 262 valence electrons. The van der Waals surface area contributed by atoms with Gasteiger partial charge in [0.05, 0.1) is 11.0 Å². The molecule has 0 aliphatic rings. The van der Waals surface area contributed by atoms with Gasteiger partial charge in [-0.05, 0) is 113 Å². The number of aromatic nitrogens is 1. The second kappa shape index (κ2) is 13.0. The van der Waals surface area contributed by atoms with E-state index in [2.05, 4.69) is 219 Å². The first-order chi connectivity index (χ1) is 26.9. The average Bonchev–Trinajstić information content (AvgIpc) is 3.56. The minimum Gasteiger partial charge on any atom is -0.309 e. The maximum absolute atomic E-state index is 2.40. The first-order valence-corrected chi connectivity index (χ1v) is 19.3. The molecule has 0 unspecified atom stereocenters. The molecule has 0 amide bonds. The zero-order valence-corrected chi connectivity index (χ0v) is 31.4. The second-order valence-electron chi connectivity index (χ2n) is 15.7. The van der Waals surface area contributed by atoms with Crippen molar-refractivity contribution in [3.8, 4) is 50.2 Å². The molecule has 0 saturated carbocycles. The van der Waals surface area contributed by atoms with E-state index in [9.17, 15) is 0 Å². The van der Waals surface area contributed by atoms with Crippen molar-refractivity contribution in [1.29, 1.82) is 0 Å². The quantitative estimate of drug-likeness (QED) is 0.157. The van der Waals surface area contributed by atoms with Crippen molar-refractivity contribution in [2.75, 3.05) is 0 Å². The first kappa shape index (κ1) is 32.9. The van der Waals surface area contributed by atoms with Crippen LogP contribution in [0.3, 0.4) is 0 Å². The molecule has 55 heavy (non-hydrogen) atoms. The van der Waals surface area contributed by atoms with Gasteiger partial charge in [-0.3, -0.25) is 0 Å². The molecule has 0 atom stereocenters. The molecule has 10 rings (SSSR count). The van der Waals surface area contributed by atoms with E-state index in [4.69, 9.17) is 0 Å². The Balaban J connectivity index is 1.02. The fourth-order valence-corrected chi connectivity index (χ4v) is 8.56. The van der Waals surface area contributed by atoms with E-state index in [1.807, 2.05) is 0 Å². The summed E-state index contributed by atoms with van der Waals surface area (Å²) in [5.74, 6) is 0. The van der Waals surface area contributed by atoms with E-state index in [1.54, 1.807) is 0 Å². The maximum atomic E-state index is 2.40. The standard InChI is InChI=1S/C54H41N/c1-54(2,3)42-31-33-51-49(35-42)48-34-41(30-32-50(48)55(51)43-16-8-5-9-17-43)38-24-22-36(23-25-38)37-26-28-40(29-27-37)53-46-20-12-10-18-44(46)52(39-14-6-4-7-15-39)45-19-11-13-21-47(45)53/h4-35H,1-3H3. The van der Waals surface area contributed by atoms with Crippen molar-refractivity contribution >= 4 is 43.4 Å². The highest BCUT2D eigenvalue weighted by atomic mass is 15.0. The molecule has 9 aromatic carbocycles. The van der Waals surface area contributed by atoms with Crippen LogP contribution in [-0.4, -0.2) is 4.57 Å². The third-order valence-corrected chi connectivity index (χ3v) is 11.4. The molecule has 1 heteroatoms. The van der Waals surface area contributed by atoms with E-state index in [0.717, 1.165) is 0 Å². The maximum Gasteiger partial charge on any atom is 0.0541 e. The summed E-state index contributed by atoms with van der Waals surface area (Å²) in [5, 5.41) is 7.67.